The Hall–Kier alpha value is -2.18. The fraction of sp³-hybridized carbons (Fsp3) is 0.300. The van der Waals surface area contributed by atoms with Crippen LogP contribution in [0.1, 0.15) is 12.5 Å². The maximum Gasteiger partial charge on any atom is 0.508 e. The van der Waals surface area contributed by atoms with Crippen molar-refractivity contribution in [3.63, 3.8) is 0 Å². The summed E-state index contributed by atoms with van der Waals surface area (Å²) in [5.41, 5.74) is -0.334. The number of benzene rings is 1. The van der Waals surface area contributed by atoms with Crippen molar-refractivity contribution in [2.24, 2.45) is 0 Å². The van der Waals surface area contributed by atoms with Crippen LogP contribution in [0.3, 0.4) is 0 Å². The van der Waals surface area contributed by atoms with Crippen molar-refractivity contribution < 1.29 is 23.6 Å². The molecule has 17 heavy (non-hydrogen) atoms. The Labute approximate surface area is 96.1 Å². The molecule has 0 radical (unpaired) electrons. The quantitative estimate of drug-likeness (QED) is 0.461. The predicted molar refractivity (Wildman–Crippen MR) is 54.9 cm³/mol. The molecular formula is C10H10FNO5. The van der Waals surface area contributed by atoms with Crippen molar-refractivity contribution in [3.05, 3.63) is 39.7 Å². The third kappa shape index (κ3) is 3.71. The first-order valence-corrected chi connectivity index (χ1v) is 4.77. The number of ether oxygens (including phenoxy) is 2. The Morgan fingerprint density at radius 3 is 2.76 bits per heavy atom. The van der Waals surface area contributed by atoms with Gasteiger partial charge in [0.1, 0.15) is 12.4 Å². The highest BCUT2D eigenvalue weighted by atomic mass is 19.1. The molecule has 1 aromatic rings. The molecule has 0 fully saturated rings. The van der Waals surface area contributed by atoms with Crippen LogP contribution in [0.4, 0.5) is 14.9 Å². The van der Waals surface area contributed by atoms with Crippen LogP contribution in [0.15, 0.2) is 18.2 Å². The highest BCUT2D eigenvalue weighted by molar-refractivity contribution is 5.60. The van der Waals surface area contributed by atoms with E-state index in [0.29, 0.717) is 0 Å². The minimum absolute atomic E-state index is 0.0250. The van der Waals surface area contributed by atoms with E-state index in [-0.39, 0.29) is 17.9 Å². The highest BCUT2D eigenvalue weighted by Gasteiger charge is 2.16. The van der Waals surface area contributed by atoms with Crippen LogP contribution in [-0.4, -0.2) is 17.7 Å². The van der Waals surface area contributed by atoms with E-state index >= 15 is 0 Å². The van der Waals surface area contributed by atoms with Crippen molar-refractivity contribution in [1.29, 1.82) is 0 Å². The van der Waals surface area contributed by atoms with Gasteiger partial charge >= 0.3 is 6.16 Å². The third-order valence-electron chi connectivity index (χ3n) is 1.85. The molecule has 0 amide bonds. The second-order valence-corrected chi connectivity index (χ2v) is 3.00. The van der Waals surface area contributed by atoms with Crippen LogP contribution < -0.4 is 0 Å². The number of carbonyl (C=O) groups excluding carboxylic acids is 1. The second kappa shape index (κ2) is 5.78. The fourth-order valence-corrected chi connectivity index (χ4v) is 1.14. The Balaban J connectivity index is 2.78. The lowest BCUT2D eigenvalue weighted by atomic mass is 10.2. The minimum atomic E-state index is -0.953. The van der Waals surface area contributed by atoms with E-state index in [2.05, 4.69) is 9.47 Å². The van der Waals surface area contributed by atoms with Gasteiger partial charge in [-0.25, -0.2) is 9.18 Å². The van der Waals surface area contributed by atoms with Crippen LogP contribution in [0.2, 0.25) is 0 Å². The maximum absolute atomic E-state index is 12.9. The van der Waals surface area contributed by atoms with E-state index in [0.717, 1.165) is 18.2 Å². The molecule has 0 aliphatic heterocycles. The summed E-state index contributed by atoms with van der Waals surface area (Å²) in [6, 6.07) is 2.92. The number of carbonyl (C=O) groups is 1. The van der Waals surface area contributed by atoms with Gasteiger partial charge in [0, 0.05) is 6.07 Å². The molecule has 7 heteroatoms. The molecule has 0 N–H and O–H groups in total. The molecule has 1 rings (SSSR count). The summed E-state index contributed by atoms with van der Waals surface area (Å²) in [6.45, 7) is 1.31. The van der Waals surface area contributed by atoms with Gasteiger partial charge in [-0.05, 0) is 19.1 Å². The van der Waals surface area contributed by atoms with Crippen molar-refractivity contribution in [2.45, 2.75) is 13.5 Å². The first-order chi connectivity index (χ1) is 8.04. The van der Waals surface area contributed by atoms with Gasteiger partial charge in [0.25, 0.3) is 5.69 Å². The van der Waals surface area contributed by atoms with Gasteiger partial charge in [-0.15, -0.1) is 0 Å². The summed E-state index contributed by atoms with van der Waals surface area (Å²) in [5.74, 6) is -0.641. The molecular weight excluding hydrogens is 233 g/mol. The average molecular weight is 243 g/mol. The lowest BCUT2D eigenvalue weighted by Crippen LogP contribution is -2.08. The van der Waals surface area contributed by atoms with E-state index in [4.69, 9.17) is 0 Å². The normalized spacial score (nSPS) is 9.76. The van der Waals surface area contributed by atoms with Crippen molar-refractivity contribution >= 4 is 11.8 Å². The summed E-state index contributed by atoms with van der Waals surface area (Å²) in [7, 11) is 0. The van der Waals surface area contributed by atoms with E-state index in [1.165, 1.54) is 0 Å². The van der Waals surface area contributed by atoms with Gasteiger partial charge in [-0.3, -0.25) is 10.1 Å². The van der Waals surface area contributed by atoms with Crippen molar-refractivity contribution in [1.82, 2.24) is 0 Å². The Morgan fingerprint density at radius 1 is 1.47 bits per heavy atom. The Kier molecular flexibility index (Phi) is 4.38. The molecule has 0 heterocycles. The smallest absolute Gasteiger partial charge is 0.435 e. The SMILES string of the molecule is CCOC(=O)OCc1cc(F)ccc1[N+](=O)[O-]. The van der Waals surface area contributed by atoms with Crippen LogP contribution in [-0.2, 0) is 16.1 Å². The lowest BCUT2D eigenvalue weighted by Gasteiger charge is -2.05. The molecule has 6 nitrogen and oxygen atoms in total. The molecule has 0 aliphatic carbocycles. The number of hydrogen-bond acceptors (Lipinski definition) is 5. The summed E-state index contributed by atoms with van der Waals surface area (Å²) in [4.78, 5) is 20.8. The van der Waals surface area contributed by atoms with E-state index in [1.54, 1.807) is 6.92 Å². The molecule has 0 atom stereocenters. The molecule has 1 aromatic carbocycles. The number of nitrogens with zero attached hydrogens (tertiary/aromatic N) is 1. The summed E-state index contributed by atoms with van der Waals surface area (Å²) < 4.78 is 21.9. The molecule has 0 spiro atoms. The molecule has 92 valence electrons. The number of nitro groups is 1. The summed E-state index contributed by atoms with van der Waals surface area (Å²) in [5, 5.41) is 10.6. The second-order valence-electron chi connectivity index (χ2n) is 3.00. The van der Waals surface area contributed by atoms with E-state index in [9.17, 15) is 19.3 Å². The van der Waals surface area contributed by atoms with Crippen LogP contribution >= 0.6 is 0 Å². The first kappa shape index (κ1) is 12.9. The average Bonchev–Trinajstić information content (AvgIpc) is 2.26. The predicted octanol–water partition coefficient (Wildman–Crippen LogP) is 2.41. The Morgan fingerprint density at radius 2 is 2.18 bits per heavy atom. The topological polar surface area (TPSA) is 78.7 Å². The number of hydrogen-bond donors (Lipinski definition) is 0. The molecule has 0 aliphatic rings. The standard InChI is InChI=1S/C10H10FNO5/c1-2-16-10(13)17-6-7-5-8(11)3-4-9(7)12(14)15/h3-5H,2,6H2,1H3. The van der Waals surface area contributed by atoms with Crippen LogP contribution in [0.25, 0.3) is 0 Å². The summed E-state index contributed by atoms with van der Waals surface area (Å²) >= 11 is 0. The largest absolute Gasteiger partial charge is 0.508 e. The number of nitro benzene ring substituents is 1. The molecule has 0 saturated heterocycles. The molecule has 0 saturated carbocycles. The molecule has 0 unspecified atom stereocenters. The maximum atomic E-state index is 12.9. The Bertz CT molecular complexity index is 435. The van der Waals surface area contributed by atoms with Crippen LogP contribution in [0.5, 0.6) is 0 Å². The van der Waals surface area contributed by atoms with Gasteiger partial charge < -0.3 is 9.47 Å². The van der Waals surface area contributed by atoms with Gasteiger partial charge in [0.15, 0.2) is 0 Å². The highest BCUT2D eigenvalue weighted by Crippen LogP contribution is 2.20. The van der Waals surface area contributed by atoms with Gasteiger partial charge in [0.2, 0.25) is 0 Å². The van der Waals surface area contributed by atoms with Gasteiger partial charge in [0.05, 0.1) is 17.1 Å². The third-order valence-corrected chi connectivity index (χ3v) is 1.85. The zero-order valence-corrected chi connectivity index (χ0v) is 9.01. The molecule has 0 aromatic heterocycles. The number of rotatable bonds is 4. The van der Waals surface area contributed by atoms with Crippen LogP contribution in [0, 0.1) is 15.9 Å². The molecule has 0 bridgehead atoms. The first-order valence-electron chi connectivity index (χ1n) is 4.77. The fourth-order valence-electron chi connectivity index (χ4n) is 1.14. The zero-order valence-electron chi connectivity index (χ0n) is 9.01. The van der Waals surface area contributed by atoms with E-state index < -0.39 is 23.5 Å². The van der Waals surface area contributed by atoms with Crippen molar-refractivity contribution in [2.75, 3.05) is 6.61 Å². The van der Waals surface area contributed by atoms with Gasteiger partial charge in [-0.2, -0.15) is 0 Å². The monoisotopic (exact) mass is 243 g/mol. The summed E-state index contributed by atoms with van der Waals surface area (Å²) in [6.07, 6.45) is -0.953. The van der Waals surface area contributed by atoms with E-state index in [1.807, 2.05) is 0 Å². The van der Waals surface area contributed by atoms with Crippen molar-refractivity contribution in [3.8, 4) is 0 Å². The lowest BCUT2D eigenvalue weighted by molar-refractivity contribution is -0.385. The number of halogens is 1. The van der Waals surface area contributed by atoms with Gasteiger partial charge in [-0.1, -0.05) is 0 Å². The zero-order chi connectivity index (χ0) is 12.8. The minimum Gasteiger partial charge on any atom is -0.435 e.